The standard InChI is InChI=1S/C27H22F3NO5/c1-14-12-15(2)25(36-3)20(13-14)23(33)21-22(16-4-10-19(32)11-5-16)31(26(35)24(21)34)18-8-6-17(7-9-18)27(28,29)30/h4-13,22,32-33H,1-3H3/b23-21+. The number of halogens is 3. The quantitative estimate of drug-likeness (QED) is 0.276. The first-order valence-corrected chi connectivity index (χ1v) is 10.9. The minimum Gasteiger partial charge on any atom is -0.508 e. The highest BCUT2D eigenvalue weighted by Crippen LogP contribution is 2.44. The third-order valence-electron chi connectivity index (χ3n) is 6.00. The smallest absolute Gasteiger partial charge is 0.416 e. The van der Waals surface area contributed by atoms with Crippen LogP contribution in [0.15, 0.2) is 66.2 Å². The molecule has 3 aromatic carbocycles. The highest BCUT2D eigenvalue weighted by molar-refractivity contribution is 6.51. The van der Waals surface area contributed by atoms with Crippen LogP contribution in [0, 0.1) is 13.8 Å². The number of ketones is 1. The van der Waals surface area contributed by atoms with Crippen molar-refractivity contribution in [1.82, 2.24) is 0 Å². The minimum absolute atomic E-state index is 0.0367. The predicted octanol–water partition coefficient (Wildman–Crippen LogP) is 5.66. The maximum absolute atomic E-state index is 13.3. The van der Waals surface area contributed by atoms with Gasteiger partial charge in [0.25, 0.3) is 11.7 Å². The lowest BCUT2D eigenvalue weighted by molar-refractivity contribution is -0.137. The molecule has 0 aromatic heterocycles. The summed E-state index contributed by atoms with van der Waals surface area (Å²) in [5.74, 6) is -2.27. The van der Waals surface area contributed by atoms with Gasteiger partial charge in [0.15, 0.2) is 0 Å². The zero-order chi connectivity index (χ0) is 26.4. The molecule has 1 unspecified atom stereocenters. The second-order valence-electron chi connectivity index (χ2n) is 8.47. The van der Waals surface area contributed by atoms with Crippen molar-refractivity contribution in [2.45, 2.75) is 26.1 Å². The van der Waals surface area contributed by atoms with Gasteiger partial charge < -0.3 is 14.9 Å². The predicted molar refractivity (Wildman–Crippen MR) is 127 cm³/mol. The SMILES string of the molecule is COc1c(C)cc(C)cc1/C(O)=C1\C(=O)C(=O)N(c2ccc(C(F)(F)F)cc2)C1c1ccc(O)cc1. The summed E-state index contributed by atoms with van der Waals surface area (Å²) < 4.78 is 44.7. The number of amides is 1. The van der Waals surface area contributed by atoms with E-state index in [1.54, 1.807) is 19.9 Å². The van der Waals surface area contributed by atoms with E-state index in [9.17, 15) is 33.0 Å². The van der Waals surface area contributed by atoms with Crippen molar-refractivity contribution in [3.63, 3.8) is 0 Å². The fourth-order valence-electron chi connectivity index (χ4n) is 4.43. The van der Waals surface area contributed by atoms with Gasteiger partial charge in [0.05, 0.1) is 29.9 Å². The average molecular weight is 497 g/mol. The largest absolute Gasteiger partial charge is 0.508 e. The van der Waals surface area contributed by atoms with Crippen molar-refractivity contribution in [3.05, 3.63) is 94.1 Å². The summed E-state index contributed by atoms with van der Waals surface area (Å²) in [7, 11) is 1.41. The molecule has 0 bridgehead atoms. The topological polar surface area (TPSA) is 87.1 Å². The number of nitrogens with zero attached hydrogens (tertiary/aromatic N) is 1. The normalized spacial score (nSPS) is 17.5. The van der Waals surface area contributed by atoms with E-state index in [2.05, 4.69) is 0 Å². The lowest BCUT2D eigenvalue weighted by Gasteiger charge is -2.26. The molecular weight excluding hydrogens is 475 g/mol. The first kappa shape index (κ1) is 24.8. The van der Waals surface area contributed by atoms with Crippen molar-refractivity contribution in [1.29, 1.82) is 0 Å². The van der Waals surface area contributed by atoms with Gasteiger partial charge in [0.1, 0.15) is 17.3 Å². The number of Topliss-reactive ketones (excluding diaryl/α,β-unsaturated/α-hetero) is 1. The Morgan fingerprint density at radius 3 is 2.14 bits per heavy atom. The van der Waals surface area contributed by atoms with Gasteiger partial charge in [-0.1, -0.05) is 18.2 Å². The molecule has 1 aliphatic heterocycles. The van der Waals surface area contributed by atoms with Crippen LogP contribution in [0.2, 0.25) is 0 Å². The average Bonchev–Trinajstić information content (AvgIpc) is 3.08. The van der Waals surface area contributed by atoms with E-state index in [0.29, 0.717) is 16.9 Å². The molecule has 1 heterocycles. The van der Waals surface area contributed by atoms with Crippen LogP contribution in [0.1, 0.15) is 33.9 Å². The molecule has 0 aliphatic carbocycles. The number of aryl methyl sites for hydroxylation is 2. The van der Waals surface area contributed by atoms with Crippen LogP contribution in [0.5, 0.6) is 11.5 Å². The van der Waals surface area contributed by atoms with Gasteiger partial charge in [-0.15, -0.1) is 0 Å². The summed E-state index contributed by atoms with van der Waals surface area (Å²) in [5, 5.41) is 21.1. The number of anilines is 1. The van der Waals surface area contributed by atoms with Crippen molar-refractivity contribution >= 4 is 23.1 Å². The molecule has 186 valence electrons. The zero-order valence-corrected chi connectivity index (χ0v) is 19.6. The number of methoxy groups -OCH3 is 1. The third kappa shape index (κ3) is 4.28. The highest BCUT2D eigenvalue weighted by Gasteiger charge is 2.47. The van der Waals surface area contributed by atoms with E-state index in [1.165, 1.54) is 31.4 Å². The Morgan fingerprint density at radius 1 is 0.972 bits per heavy atom. The molecule has 0 saturated carbocycles. The molecule has 6 nitrogen and oxygen atoms in total. The summed E-state index contributed by atoms with van der Waals surface area (Å²) in [4.78, 5) is 27.5. The molecule has 2 N–H and O–H groups in total. The molecule has 3 aromatic rings. The number of aliphatic hydroxyl groups excluding tert-OH is 1. The molecule has 1 saturated heterocycles. The van der Waals surface area contributed by atoms with Gasteiger partial charge in [0, 0.05) is 5.69 Å². The molecule has 1 aliphatic rings. The molecule has 1 fully saturated rings. The number of benzene rings is 3. The van der Waals surface area contributed by atoms with Gasteiger partial charge in [-0.25, -0.2) is 0 Å². The number of carbonyl (C=O) groups excluding carboxylic acids is 2. The second-order valence-corrected chi connectivity index (χ2v) is 8.47. The van der Waals surface area contributed by atoms with Gasteiger partial charge in [-0.2, -0.15) is 13.2 Å². The van der Waals surface area contributed by atoms with E-state index in [-0.39, 0.29) is 22.6 Å². The number of carbonyl (C=O) groups is 2. The van der Waals surface area contributed by atoms with Crippen LogP contribution in [0.4, 0.5) is 18.9 Å². The van der Waals surface area contributed by atoms with Crippen LogP contribution >= 0.6 is 0 Å². The summed E-state index contributed by atoms with van der Waals surface area (Å²) >= 11 is 0. The Kier molecular flexibility index (Phi) is 6.26. The van der Waals surface area contributed by atoms with Crippen LogP contribution in [0.25, 0.3) is 5.76 Å². The van der Waals surface area contributed by atoms with E-state index < -0.39 is 35.2 Å². The van der Waals surface area contributed by atoms with E-state index >= 15 is 0 Å². The summed E-state index contributed by atoms with van der Waals surface area (Å²) in [6.07, 6.45) is -4.58. The van der Waals surface area contributed by atoms with Crippen molar-refractivity contribution in [2.75, 3.05) is 12.0 Å². The number of ether oxygens (including phenoxy) is 1. The van der Waals surface area contributed by atoms with E-state index in [0.717, 1.165) is 34.7 Å². The van der Waals surface area contributed by atoms with Crippen molar-refractivity contribution < 1.29 is 37.7 Å². The molecule has 1 amide bonds. The Bertz CT molecular complexity index is 1380. The summed E-state index contributed by atoms with van der Waals surface area (Å²) in [6, 6.07) is 11.7. The Morgan fingerprint density at radius 2 is 1.58 bits per heavy atom. The first-order valence-electron chi connectivity index (χ1n) is 10.9. The van der Waals surface area contributed by atoms with Gasteiger partial charge in [-0.05, 0) is 73.0 Å². The zero-order valence-electron chi connectivity index (χ0n) is 19.6. The minimum atomic E-state index is -4.58. The molecule has 0 spiro atoms. The maximum atomic E-state index is 13.3. The molecule has 9 heteroatoms. The number of rotatable bonds is 4. The lowest BCUT2D eigenvalue weighted by Crippen LogP contribution is -2.29. The van der Waals surface area contributed by atoms with Gasteiger partial charge in [0.2, 0.25) is 0 Å². The van der Waals surface area contributed by atoms with Crippen LogP contribution in [-0.2, 0) is 15.8 Å². The van der Waals surface area contributed by atoms with Gasteiger partial charge in [-0.3, -0.25) is 14.5 Å². The number of aromatic hydroxyl groups is 1. The summed E-state index contributed by atoms with van der Waals surface area (Å²) in [5.41, 5.74) is 0.888. The number of alkyl halides is 3. The number of aliphatic hydroxyl groups is 1. The van der Waals surface area contributed by atoms with Crippen molar-refractivity contribution in [2.24, 2.45) is 0 Å². The Labute approximate surface area is 204 Å². The van der Waals surface area contributed by atoms with Crippen molar-refractivity contribution in [3.8, 4) is 11.5 Å². The summed E-state index contributed by atoms with van der Waals surface area (Å²) in [6.45, 7) is 3.56. The number of hydrogen-bond donors (Lipinski definition) is 2. The molecule has 36 heavy (non-hydrogen) atoms. The molecule has 4 rings (SSSR count). The Hall–Kier alpha value is -4.27. The second kappa shape index (κ2) is 9.07. The van der Waals surface area contributed by atoms with Gasteiger partial charge >= 0.3 is 6.18 Å². The molecular formula is C27H22F3NO5. The maximum Gasteiger partial charge on any atom is 0.416 e. The van der Waals surface area contributed by atoms with Crippen LogP contribution in [0.3, 0.4) is 0 Å². The van der Waals surface area contributed by atoms with E-state index in [4.69, 9.17) is 4.74 Å². The third-order valence-corrected chi connectivity index (χ3v) is 6.00. The van der Waals surface area contributed by atoms with Crippen LogP contribution < -0.4 is 9.64 Å². The fraction of sp³-hybridized carbons (Fsp3) is 0.185. The van der Waals surface area contributed by atoms with Crippen LogP contribution in [-0.4, -0.2) is 29.0 Å². The number of phenols is 1. The first-order chi connectivity index (χ1) is 16.9. The monoisotopic (exact) mass is 497 g/mol. The number of hydrogen-bond acceptors (Lipinski definition) is 5. The van der Waals surface area contributed by atoms with E-state index in [1.807, 2.05) is 6.07 Å². The fourth-order valence-corrected chi connectivity index (χ4v) is 4.43. The highest BCUT2D eigenvalue weighted by atomic mass is 19.4. The molecule has 0 radical (unpaired) electrons. The number of phenolic OH excluding ortho intramolecular Hbond substituents is 1. The Balaban J connectivity index is 1.96. The lowest BCUT2D eigenvalue weighted by atomic mass is 9.93. The molecule has 1 atom stereocenters.